The van der Waals surface area contributed by atoms with Gasteiger partial charge < -0.3 is 10.5 Å². The van der Waals surface area contributed by atoms with Gasteiger partial charge in [-0.1, -0.05) is 11.8 Å². The molecule has 5 nitrogen and oxygen atoms in total. The van der Waals surface area contributed by atoms with Crippen LogP contribution in [0.1, 0.15) is 12.5 Å². The molecule has 1 aromatic rings. The van der Waals surface area contributed by atoms with E-state index in [4.69, 9.17) is 10.5 Å². The lowest BCUT2D eigenvalue weighted by Crippen LogP contribution is -2.28. The first-order valence-electron chi connectivity index (χ1n) is 6.07. The van der Waals surface area contributed by atoms with Gasteiger partial charge in [0.1, 0.15) is 5.82 Å². The van der Waals surface area contributed by atoms with E-state index in [9.17, 15) is 12.8 Å². The molecule has 0 aliphatic heterocycles. The molecule has 7 heteroatoms. The van der Waals surface area contributed by atoms with Crippen molar-refractivity contribution in [3.63, 3.8) is 0 Å². The third-order valence-electron chi connectivity index (χ3n) is 2.30. The summed E-state index contributed by atoms with van der Waals surface area (Å²) in [6.45, 7) is 2.78. The molecule has 0 radical (unpaired) electrons. The van der Waals surface area contributed by atoms with Crippen LogP contribution in [0, 0.1) is 17.7 Å². The molecule has 0 aromatic heterocycles. The first-order valence-corrected chi connectivity index (χ1v) is 7.55. The molecule has 3 N–H and O–H groups in total. The Labute approximate surface area is 118 Å². The summed E-state index contributed by atoms with van der Waals surface area (Å²) < 4.78 is 44.8. The highest BCUT2D eigenvalue weighted by atomic mass is 32.2. The Kier molecular flexibility index (Phi) is 6.61. The van der Waals surface area contributed by atoms with Gasteiger partial charge in [0.05, 0.1) is 18.0 Å². The number of halogens is 1. The number of hydrogen-bond donors (Lipinski definition) is 2. The van der Waals surface area contributed by atoms with Crippen LogP contribution >= 0.6 is 0 Å². The minimum atomic E-state index is -3.76. The molecule has 0 amide bonds. The van der Waals surface area contributed by atoms with Crippen molar-refractivity contribution in [1.82, 2.24) is 4.72 Å². The molecule has 1 aromatic carbocycles. The Morgan fingerprint density at radius 3 is 2.85 bits per heavy atom. The van der Waals surface area contributed by atoms with Gasteiger partial charge in [-0.25, -0.2) is 17.5 Å². The Hall–Kier alpha value is -1.46. The Morgan fingerprint density at radius 2 is 2.20 bits per heavy atom. The van der Waals surface area contributed by atoms with E-state index in [1.807, 2.05) is 6.92 Å². The third-order valence-corrected chi connectivity index (χ3v) is 3.82. The highest BCUT2D eigenvalue weighted by Crippen LogP contribution is 2.16. The molecule has 0 aliphatic carbocycles. The zero-order chi connectivity index (χ0) is 15.0. The predicted molar refractivity (Wildman–Crippen MR) is 74.0 cm³/mol. The number of nitrogens with one attached hydrogen (secondary N) is 1. The summed E-state index contributed by atoms with van der Waals surface area (Å²) >= 11 is 0. The Bertz CT molecular complexity index is 606. The van der Waals surface area contributed by atoms with Crippen LogP contribution in [0.25, 0.3) is 0 Å². The van der Waals surface area contributed by atoms with Crippen LogP contribution in [-0.4, -0.2) is 34.7 Å². The van der Waals surface area contributed by atoms with E-state index in [0.29, 0.717) is 6.61 Å². The van der Waals surface area contributed by atoms with E-state index in [1.54, 1.807) is 0 Å². The van der Waals surface area contributed by atoms with Crippen molar-refractivity contribution in [2.75, 3.05) is 26.3 Å². The highest BCUT2D eigenvalue weighted by molar-refractivity contribution is 7.89. The summed E-state index contributed by atoms with van der Waals surface area (Å²) in [5.41, 5.74) is 5.32. The smallest absolute Gasteiger partial charge is 0.241 e. The lowest BCUT2D eigenvalue weighted by Gasteiger charge is -2.08. The largest absolute Gasteiger partial charge is 0.380 e. The molecular formula is C13H17FN2O3S. The lowest BCUT2D eigenvalue weighted by atomic mass is 10.2. The SMILES string of the molecule is CCOCCNS(=O)(=O)c1ccc(F)cc1C#CCN. The van der Waals surface area contributed by atoms with Gasteiger partial charge in [-0.3, -0.25) is 0 Å². The molecule has 0 saturated carbocycles. The molecule has 1 rings (SSSR count). The van der Waals surface area contributed by atoms with Gasteiger partial charge in [0.2, 0.25) is 10.0 Å². The summed E-state index contributed by atoms with van der Waals surface area (Å²) in [6.07, 6.45) is 0. The van der Waals surface area contributed by atoms with Gasteiger partial charge in [0.15, 0.2) is 0 Å². The van der Waals surface area contributed by atoms with Crippen molar-refractivity contribution in [2.45, 2.75) is 11.8 Å². The van der Waals surface area contributed by atoms with E-state index in [0.717, 1.165) is 12.1 Å². The monoisotopic (exact) mass is 300 g/mol. The van der Waals surface area contributed by atoms with Crippen LogP contribution in [0.2, 0.25) is 0 Å². The minimum absolute atomic E-state index is 0.0633. The van der Waals surface area contributed by atoms with Crippen LogP contribution in [-0.2, 0) is 14.8 Å². The Morgan fingerprint density at radius 1 is 1.45 bits per heavy atom. The van der Waals surface area contributed by atoms with Crippen LogP contribution in [0.5, 0.6) is 0 Å². The summed E-state index contributed by atoms with van der Waals surface area (Å²) in [7, 11) is -3.76. The zero-order valence-corrected chi connectivity index (χ0v) is 12.0. The number of nitrogens with two attached hydrogens (primary N) is 1. The van der Waals surface area contributed by atoms with Gasteiger partial charge in [-0.2, -0.15) is 0 Å². The number of sulfonamides is 1. The number of hydrogen-bond acceptors (Lipinski definition) is 4. The second kappa shape index (κ2) is 7.97. The van der Waals surface area contributed by atoms with Gasteiger partial charge in [-0.05, 0) is 25.1 Å². The second-order valence-corrected chi connectivity index (χ2v) is 5.48. The molecule has 0 unspecified atom stereocenters. The number of rotatable bonds is 6. The molecule has 0 aliphatic rings. The minimum Gasteiger partial charge on any atom is -0.380 e. The van der Waals surface area contributed by atoms with E-state index < -0.39 is 15.8 Å². The average molecular weight is 300 g/mol. The maximum absolute atomic E-state index is 13.2. The maximum atomic E-state index is 13.2. The van der Waals surface area contributed by atoms with Crippen LogP contribution in [0.15, 0.2) is 23.1 Å². The third kappa shape index (κ3) is 4.90. The molecule has 0 heterocycles. The molecule has 0 atom stereocenters. The lowest BCUT2D eigenvalue weighted by molar-refractivity contribution is 0.153. The predicted octanol–water partition coefficient (Wildman–Crippen LogP) is 0.451. The molecular weight excluding hydrogens is 283 g/mol. The fraction of sp³-hybridized carbons (Fsp3) is 0.385. The van der Waals surface area contributed by atoms with E-state index in [1.165, 1.54) is 6.07 Å². The average Bonchev–Trinajstić information content (AvgIpc) is 2.41. The van der Waals surface area contributed by atoms with Crippen molar-refractivity contribution in [1.29, 1.82) is 0 Å². The molecule has 0 fully saturated rings. The molecule has 0 spiro atoms. The molecule has 110 valence electrons. The van der Waals surface area contributed by atoms with Crippen molar-refractivity contribution in [2.24, 2.45) is 5.73 Å². The number of ether oxygens (including phenoxy) is 1. The first kappa shape index (κ1) is 16.6. The molecule has 20 heavy (non-hydrogen) atoms. The van der Waals surface area contributed by atoms with Gasteiger partial charge >= 0.3 is 0 Å². The quantitative estimate of drug-likeness (QED) is 0.590. The maximum Gasteiger partial charge on any atom is 0.241 e. The fourth-order valence-corrected chi connectivity index (χ4v) is 2.60. The van der Waals surface area contributed by atoms with Gasteiger partial charge in [0.25, 0.3) is 0 Å². The van der Waals surface area contributed by atoms with Crippen molar-refractivity contribution >= 4 is 10.0 Å². The number of benzene rings is 1. The van der Waals surface area contributed by atoms with E-state index >= 15 is 0 Å². The fourth-order valence-electron chi connectivity index (χ4n) is 1.45. The topological polar surface area (TPSA) is 81.4 Å². The first-order chi connectivity index (χ1) is 9.51. The van der Waals surface area contributed by atoms with Crippen molar-refractivity contribution in [3.8, 4) is 11.8 Å². The summed E-state index contributed by atoms with van der Waals surface area (Å²) in [4.78, 5) is -0.0728. The zero-order valence-electron chi connectivity index (χ0n) is 11.1. The van der Waals surface area contributed by atoms with E-state index in [-0.39, 0.29) is 30.2 Å². The molecule has 0 bridgehead atoms. The summed E-state index contributed by atoms with van der Waals surface area (Å²) in [5.74, 6) is 4.51. The van der Waals surface area contributed by atoms with Crippen molar-refractivity contribution < 1.29 is 17.5 Å². The standard InChI is InChI=1S/C13H17FN2O3S/c1-2-19-9-8-16-20(17,18)13-6-5-12(14)10-11(13)4-3-7-15/h5-6,10,16H,2,7-9,15H2,1H3. The van der Waals surface area contributed by atoms with Crippen molar-refractivity contribution in [3.05, 3.63) is 29.6 Å². The second-order valence-electron chi connectivity index (χ2n) is 3.74. The van der Waals surface area contributed by atoms with Crippen LogP contribution in [0.3, 0.4) is 0 Å². The van der Waals surface area contributed by atoms with E-state index in [2.05, 4.69) is 16.6 Å². The highest BCUT2D eigenvalue weighted by Gasteiger charge is 2.17. The molecule has 0 saturated heterocycles. The van der Waals surface area contributed by atoms with Gasteiger partial charge in [-0.15, -0.1) is 0 Å². The van der Waals surface area contributed by atoms with Crippen LogP contribution < -0.4 is 10.5 Å². The van der Waals surface area contributed by atoms with Gasteiger partial charge in [0, 0.05) is 18.7 Å². The van der Waals surface area contributed by atoms with Crippen LogP contribution in [0.4, 0.5) is 4.39 Å². The normalized spacial score (nSPS) is 10.9. The summed E-state index contributed by atoms with van der Waals surface area (Å²) in [5, 5.41) is 0. The summed E-state index contributed by atoms with van der Waals surface area (Å²) in [6, 6.07) is 3.32. The Balaban J connectivity index is 2.99.